The first-order valence-corrected chi connectivity index (χ1v) is 11.5. The van der Waals surface area contributed by atoms with Crippen molar-refractivity contribution < 1.29 is 22.3 Å². The molecule has 0 radical (unpaired) electrons. The Bertz CT molecular complexity index is 1280. The number of aryl methyl sites for hydroxylation is 2. The molecule has 1 saturated heterocycles. The number of hydrogen-bond donors (Lipinski definition) is 0. The van der Waals surface area contributed by atoms with Gasteiger partial charge in [0, 0.05) is 48.2 Å². The molecule has 4 aromatic rings. The summed E-state index contributed by atoms with van der Waals surface area (Å²) in [5.74, 6) is -0.797. The van der Waals surface area contributed by atoms with Crippen molar-refractivity contribution in [1.29, 1.82) is 0 Å². The van der Waals surface area contributed by atoms with Gasteiger partial charge in [-0.3, -0.25) is 0 Å². The Kier molecular flexibility index (Phi) is 9.29. The number of rotatable bonds is 3. The second-order valence-electron chi connectivity index (χ2n) is 7.62. The first-order chi connectivity index (χ1) is 17.3. The van der Waals surface area contributed by atoms with Gasteiger partial charge < -0.3 is 9.64 Å². The Balaban J connectivity index is 0.000000305. The summed E-state index contributed by atoms with van der Waals surface area (Å²) in [6.07, 6.45) is 2.52. The van der Waals surface area contributed by atoms with Crippen LogP contribution in [0.5, 0.6) is 0 Å². The molecule has 0 saturated carbocycles. The first kappa shape index (κ1) is 27.0. The highest BCUT2D eigenvalue weighted by molar-refractivity contribution is 5.92. The molecule has 0 bridgehead atoms. The molecule has 0 aliphatic carbocycles. The maximum absolute atomic E-state index is 14.5. The Hall–Kier alpha value is -3.60. The fourth-order valence-corrected chi connectivity index (χ4v) is 3.42. The number of alkyl halides is 2. The fraction of sp³-hybridized carbons (Fsp3) is 0.360. The van der Waals surface area contributed by atoms with E-state index in [9.17, 15) is 17.6 Å². The van der Waals surface area contributed by atoms with Gasteiger partial charge in [-0.1, -0.05) is 13.8 Å². The first-order valence-electron chi connectivity index (χ1n) is 11.5. The Labute approximate surface area is 206 Å². The molecule has 5 rings (SSSR count). The van der Waals surface area contributed by atoms with Gasteiger partial charge in [-0.25, -0.2) is 23.4 Å². The molecule has 3 aromatic heterocycles. The molecule has 192 valence electrons. The van der Waals surface area contributed by atoms with E-state index in [1.807, 2.05) is 38.7 Å². The fourth-order valence-electron chi connectivity index (χ4n) is 3.42. The summed E-state index contributed by atoms with van der Waals surface area (Å²) in [6.45, 7) is 7.81. The number of nitrogens with zero attached hydrogens (tertiary/aromatic N) is 6. The molecule has 0 N–H and O–H groups in total. The largest absolute Gasteiger partial charge is 0.378 e. The predicted octanol–water partition coefficient (Wildman–Crippen LogP) is 5.73. The van der Waals surface area contributed by atoms with E-state index in [0.29, 0.717) is 53.7 Å². The minimum absolute atomic E-state index is 0.235. The van der Waals surface area contributed by atoms with Crippen LogP contribution in [0.1, 0.15) is 31.7 Å². The van der Waals surface area contributed by atoms with Crippen molar-refractivity contribution in [2.45, 2.75) is 34.2 Å². The van der Waals surface area contributed by atoms with Crippen LogP contribution in [-0.4, -0.2) is 51.0 Å². The number of fused-ring (bicyclic) bond motifs is 1. The zero-order valence-electron chi connectivity index (χ0n) is 20.6. The predicted molar refractivity (Wildman–Crippen MR) is 130 cm³/mol. The monoisotopic (exact) mass is 504 g/mol. The van der Waals surface area contributed by atoms with Gasteiger partial charge in [0.15, 0.2) is 5.65 Å². The van der Waals surface area contributed by atoms with Gasteiger partial charge >= 0.3 is 6.55 Å². The van der Waals surface area contributed by atoms with E-state index in [1.165, 1.54) is 30.6 Å². The lowest BCUT2D eigenvalue weighted by atomic mass is 10.1. The number of morpholine rings is 1. The summed E-state index contributed by atoms with van der Waals surface area (Å²) < 4.78 is 56.8. The lowest BCUT2D eigenvalue weighted by Gasteiger charge is -2.27. The molecule has 11 heteroatoms. The summed E-state index contributed by atoms with van der Waals surface area (Å²) in [7, 11) is 0. The zero-order chi connectivity index (χ0) is 26.2. The van der Waals surface area contributed by atoms with E-state index in [2.05, 4.69) is 20.1 Å². The molecule has 1 fully saturated rings. The molecule has 36 heavy (non-hydrogen) atoms. The molecule has 1 aromatic carbocycles. The van der Waals surface area contributed by atoms with Crippen LogP contribution in [0.3, 0.4) is 0 Å². The van der Waals surface area contributed by atoms with Gasteiger partial charge in [0.05, 0.1) is 18.9 Å². The molecular weight excluding hydrogens is 476 g/mol. The number of anilines is 1. The van der Waals surface area contributed by atoms with Crippen molar-refractivity contribution >= 4 is 17.0 Å². The standard InChI is InChI=1S/C19H18F2N4O.C4H4F2N2.C2H6/c1-11-9-15-17(14-4-3-13(20)10-16(14)21)23-19(24-18(15)22-12(11)2)25-5-7-26-8-6-25;5-4(6)8-3-1-2-7-8;1-2/h3-4,9-10H,5-8H2,1-2H3;1-4H;1-2H3. The van der Waals surface area contributed by atoms with Crippen molar-refractivity contribution in [2.75, 3.05) is 31.2 Å². The lowest BCUT2D eigenvalue weighted by Crippen LogP contribution is -2.37. The number of aromatic nitrogens is 5. The summed E-state index contributed by atoms with van der Waals surface area (Å²) in [6, 6.07) is 6.86. The molecule has 7 nitrogen and oxygen atoms in total. The Morgan fingerprint density at radius 2 is 1.69 bits per heavy atom. The molecule has 4 heterocycles. The second kappa shape index (κ2) is 12.4. The van der Waals surface area contributed by atoms with Gasteiger partial charge in [-0.2, -0.15) is 18.9 Å². The molecular formula is C25H28F4N6O. The van der Waals surface area contributed by atoms with E-state index in [0.717, 1.165) is 17.3 Å². The van der Waals surface area contributed by atoms with Crippen molar-refractivity contribution in [1.82, 2.24) is 24.7 Å². The number of halogens is 4. The average Bonchev–Trinajstić information content (AvgIpc) is 3.42. The normalized spacial score (nSPS) is 13.2. The number of hydrogen-bond acceptors (Lipinski definition) is 6. The van der Waals surface area contributed by atoms with Crippen LogP contribution in [0.2, 0.25) is 0 Å². The zero-order valence-corrected chi connectivity index (χ0v) is 20.6. The molecule has 0 unspecified atom stereocenters. The molecule has 0 spiro atoms. The third-order valence-electron chi connectivity index (χ3n) is 5.32. The highest BCUT2D eigenvalue weighted by Crippen LogP contribution is 2.31. The maximum atomic E-state index is 14.5. The minimum Gasteiger partial charge on any atom is -0.378 e. The maximum Gasteiger partial charge on any atom is 0.333 e. The Morgan fingerprint density at radius 3 is 2.28 bits per heavy atom. The van der Waals surface area contributed by atoms with Gasteiger partial charge in [0.25, 0.3) is 0 Å². The Morgan fingerprint density at radius 1 is 0.972 bits per heavy atom. The number of ether oxygens (including phenoxy) is 1. The summed E-state index contributed by atoms with van der Waals surface area (Å²) in [5, 5.41) is 3.93. The molecule has 0 atom stereocenters. The van der Waals surface area contributed by atoms with Crippen LogP contribution in [0, 0.1) is 25.5 Å². The van der Waals surface area contributed by atoms with Crippen LogP contribution < -0.4 is 4.90 Å². The van der Waals surface area contributed by atoms with Crippen molar-refractivity contribution in [3.63, 3.8) is 0 Å². The molecule has 1 aliphatic heterocycles. The minimum atomic E-state index is -2.51. The summed E-state index contributed by atoms with van der Waals surface area (Å²) >= 11 is 0. The van der Waals surface area contributed by atoms with E-state index in [4.69, 9.17) is 4.74 Å². The summed E-state index contributed by atoms with van der Waals surface area (Å²) in [5.41, 5.74) is 2.98. The summed E-state index contributed by atoms with van der Waals surface area (Å²) in [4.78, 5) is 15.7. The van der Waals surface area contributed by atoms with Crippen LogP contribution in [0.25, 0.3) is 22.3 Å². The average molecular weight is 505 g/mol. The topological polar surface area (TPSA) is 69.0 Å². The van der Waals surface area contributed by atoms with Gasteiger partial charge in [0.1, 0.15) is 11.6 Å². The van der Waals surface area contributed by atoms with Crippen LogP contribution in [0.15, 0.2) is 42.7 Å². The highest BCUT2D eigenvalue weighted by atomic mass is 19.3. The van der Waals surface area contributed by atoms with Crippen LogP contribution in [-0.2, 0) is 4.74 Å². The van der Waals surface area contributed by atoms with Crippen molar-refractivity contribution in [3.05, 3.63) is 65.6 Å². The number of benzene rings is 1. The SMILES string of the molecule is CC.Cc1cc2c(-c3ccc(F)cc3F)nc(N3CCOCC3)nc2nc1C.FC(F)n1cccn1. The second-order valence-corrected chi connectivity index (χ2v) is 7.62. The number of pyridine rings is 1. The third kappa shape index (κ3) is 6.34. The van der Waals surface area contributed by atoms with Gasteiger partial charge in [0.2, 0.25) is 5.95 Å². The third-order valence-corrected chi connectivity index (χ3v) is 5.32. The smallest absolute Gasteiger partial charge is 0.333 e. The highest BCUT2D eigenvalue weighted by Gasteiger charge is 2.20. The van der Waals surface area contributed by atoms with Crippen molar-refractivity contribution in [3.8, 4) is 11.3 Å². The van der Waals surface area contributed by atoms with Crippen LogP contribution >= 0.6 is 0 Å². The van der Waals surface area contributed by atoms with E-state index in [1.54, 1.807) is 0 Å². The van der Waals surface area contributed by atoms with Crippen LogP contribution in [0.4, 0.5) is 23.5 Å². The lowest BCUT2D eigenvalue weighted by molar-refractivity contribution is 0.0566. The van der Waals surface area contributed by atoms with Gasteiger partial charge in [-0.05, 0) is 43.7 Å². The van der Waals surface area contributed by atoms with Crippen molar-refractivity contribution in [2.24, 2.45) is 0 Å². The molecule has 0 amide bonds. The van der Waals surface area contributed by atoms with E-state index in [-0.39, 0.29) is 5.56 Å². The van der Waals surface area contributed by atoms with Gasteiger partial charge in [-0.15, -0.1) is 0 Å². The van der Waals surface area contributed by atoms with E-state index < -0.39 is 18.2 Å². The van der Waals surface area contributed by atoms with E-state index >= 15 is 0 Å². The molecule has 1 aliphatic rings. The quantitative estimate of drug-likeness (QED) is 0.332.